The van der Waals surface area contributed by atoms with E-state index >= 15 is 0 Å². The summed E-state index contributed by atoms with van der Waals surface area (Å²) in [5.74, 6) is 0. The molecule has 0 bridgehead atoms. The Balaban J connectivity index is 1.79. The van der Waals surface area contributed by atoms with E-state index in [0.29, 0.717) is 6.04 Å². The third-order valence-corrected chi connectivity index (χ3v) is 5.31. The summed E-state index contributed by atoms with van der Waals surface area (Å²) in [7, 11) is 4.23. The smallest absolute Gasteiger partial charge is 0.0947 e. The van der Waals surface area contributed by atoms with Crippen molar-refractivity contribution in [2.75, 3.05) is 7.05 Å². The van der Waals surface area contributed by atoms with Gasteiger partial charge in [0.2, 0.25) is 0 Å². The van der Waals surface area contributed by atoms with E-state index in [-0.39, 0.29) is 0 Å². The zero-order valence-electron chi connectivity index (χ0n) is 12.5. The zero-order chi connectivity index (χ0) is 14.1. The molecule has 4 nitrogen and oxygen atoms in total. The summed E-state index contributed by atoms with van der Waals surface area (Å²) in [6.07, 6.45) is 8.66. The summed E-state index contributed by atoms with van der Waals surface area (Å²) in [6, 6.07) is 0.513. The van der Waals surface area contributed by atoms with Crippen molar-refractivity contribution in [3.05, 3.63) is 33.8 Å². The molecule has 0 aromatic carbocycles. The van der Waals surface area contributed by atoms with Gasteiger partial charge < -0.3 is 4.57 Å². The number of hydrogen-bond donors (Lipinski definition) is 0. The first-order valence-electron chi connectivity index (χ1n) is 7.33. The van der Waals surface area contributed by atoms with Crippen LogP contribution in [0.2, 0.25) is 0 Å². The minimum atomic E-state index is 0.513. The first-order valence-corrected chi connectivity index (χ1v) is 8.14. The highest BCUT2D eigenvalue weighted by Crippen LogP contribution is 2.38. The molecule has 20 heavy (non-hydrogen) atoms. The van der Waals surface area contributed by atoms with Crippen molar-refractivity contribution in [1.82, 2.24) is 19.4 Å². The van der Waals surface area contributed by atoms with E-state index in [1.807, 2.05) is 29.3 Å². The molecule has 108 valence electrons. The van der Waals surface area contributed by atoms with Crippen LogP contribution in [0.1, 0.15) is 47.1 Å². The Kier molecular flexibility index (Phi) is 3.89. The molecule has 0 spiro atoms. The second-order valence-electron chi connectivity index (χ2n) is 5.63. The monoisotopic (exact) mass is 290 g/mol. The summed E-state index contributed by atoms with van der Waals surface area (Å²) in [4.78, 5) is 13.1. The Morgan fingerprint density at radius 2 is 2.35 bits per heavy atom. The van der Waals surface area contributed by atoms with Gasteiger partial charge in [0.1, 0.15) is 0 Å². The van der Waals surface area contributed by atoms with E-state index in [0.717, 1.165) is 25.1 Å². The molecule has 0 radical (unpaired) electrons. The highest BCUT2D eigenvalue weighted by Gasteiger charge is 2.27. The molecule has 1 aliphatic carbocycles. The van der Waals surface area contributed by atoms with E-state index in [1.54, 1.807) is 0 Å². The number of imidazole rings is 1. The molecule has 0 saturated carbocycles. The zero-order valence-corrected chi connectivity index (χ0v) is 13.3. The van der Waals surface area contributed by atoms with Gasteiger partial charge in [-0.15, -0.1) is 11.3 Å². The molecule has 5 heteroatoms. The van der Waals surface area contributed by atoms with Crippen LogP contribution in [0.3, 0.4) is 0 Å². The Hall–Kier alpha value is -1.20. The normalized spacial score (nSPS) is 18.5. The van der Waals surface area contributed by atoms with Gasteiger partial charge in [-0.2, -0.15) is 0 Å². The fraction of sp³-hybridized carbons (Fsp3) is 0.600. The van der Waals surface area contributed by atoms with Crippen LogP contribution >= 0.6 is 11.3 Å². The van der Waals surface area contributed by atoms with Gasteiger partial charge in [0.05, 0.1) is 22.7 Å². The lowest BCUT2D eigenvalue weighted by molar-refractivity contribution is 0.214. The molecule has 0 fully saturated rings. The van der Waals surface area contributed by atoms with Crippen LogP contribution in [0.25, 0.3) is 0 Å². The van der Waals surface area contributed by atoms with Crippen molar-refractivity contribution >= 4 is 11.3 Å². The van der Waals surface area contributed by atoms with Crippen molar-refractivity contribution in [3.8, 4) is 0 Å². The fourth-order valence-electron chi connectivity index (χ4n) is 2.93. The maximum absolute atomic E-state index is 4.79. The second kappa shape index (κ2) is 5.66. The van der Waals surface area contributed by atoms with Crippen molar-refractivity contribution in [3.63, 3.8) is 0 Å². The Morgan fingerprint density at radius 1 is 1.50 bits per heavy atom. The predicted octanol–water partition coefficient (Wildman–Crippen LogP) is 2.95. The molecule has 0 aliphatic heterocycles. The molecule has 2 aromatic rings. The summed E-state index contributed by atoms with van der Waals surface area (Å²) in [6.45, 7) is 3.10. The van der Waals surface area contributed by atoms with Crippen LogP contribution in [0.15, 0.2) is 12.5 Å². The molecule has 2 heterocycles. The maximum Gasteiger partial charge on any atom is 0.0947 e. The number of fused-ring (bicyclic) bond motifs is 1. The third kappa shape index (κ3) is 2.65. The predicted molar refractivity (Wildman–Crippen MR) is 81.8 cm³/mol. The van der Waals surface area contributed by atoms with Crippen molar-refractivity contribution < 1.29 is 0 Å². The third-order valence-electron chi connectivity index (χ3n) is 3.97. The van der Waals surface area contributed by atoms with E-state index in [4.69, 9.17) is 4.98 Å². The van der Waals surface area contributed by atoms with Crippen molar-refractivity contribution in [2.24, 2.45) is 7.05 Å². The number of hydrogen-bond acceptors (Lipinski definition) is 4. The fourth-order valence-corrected chi connectivity index (χ4v) is 4.19. The van der Waals surface area contributed by atoms with Crippen molar-refractivity contribution in [1.29, 1.82) is 0 Å². The lowest BCUT2D eigenvalue weighted by Crippen LogP contribution is -2.26. The van der Waals surface area contributed by atoms with Crippen LogP contribution in [-0.4, -0.2) is 26.5 Å². The van der Waals surface area contributed by atoms with Crippen LogP contribution in [0.5, 0.6) is 0 Å². The molecule has 1 atom stereocenters. The van der Waals surface area contributed by atoms with Gasteiger partial charge in [-0.25, -0.2) is 9.97 Å². The maximum atomic E-state index is 4.79. The molecule has 2 aromatic heterocycles. The van der Waals surface area contributed by atoms with Crippen LogP contribution in [-0.2, 0) is 26.4 Å². The summed E-state index contributed by atoms with van der Waals surface area (Å²) < 4.78 is 2.01. The Labute approximate surface area is 124 Å². The summed E-state index contributed by atoms with van der Waals surface area (Å²) in [5, 5.41) is 1.29. The number of nitrogens with zero attached hydrogens (tertiary/aromatic N) is 4. The van der Waals surface area contributed by atoms with Gasteiger partial charge in [-0.1, -0.05) is 6.92 Å². The summed E-state index contributed by atoms with van der Waals surface area (Å²) >= 11 is 1.91. The van der Waals surface area contributed by atoms with E-state index in [2.05, 4.69) is 30.1 Å². The first-order chi connectivity index (χ1) is 9.67. The largest absolute Gasteiger partial charge is 0.340 e. The molecule has 3 rings (SSSR count). The molecule has 1 unspecified atom stereocenters. The number of thiazole rings is 1. The molecule has 0 saturated heterocycles. The minimum Gasteiger partial charge on any atom is -0.340 e. The van der Waals surface area contributed by atoms with Gasteiger partial charge in [0.15, 0.2) is 0 Å². The SMILES string of the molecule is CCc1nc2c(s1)C(N(C)Cc1cn(C)cn1)CCC2. The first kappa shape index (κ1) is 13.8. The topological polar surface area (TPSA) is 34.0 Å². The van der Waals surface area contributed by atoms with Crippen molar-refractivity contribution in [2.45, 2.75) is 45.2 Å². The standard InChI is InChI=1S/C15H22N4S/c1-4-14-17-12-6-5-7-13(15(12)20-14)19(3)9-11-8-18(2)10-16-11/h8,10,13H,4-7,9H2,1-3H3. The van der Waals surface area contributed by atoms with Crippen LogP contribution in [0.4, 0.5) is 0 Å². The lowest BCUT2D eigenvalue weighted by Gasteiger charge is -2.30. The van der Waals surface area contributed by atoms with Gasteiger partial charge >= 0.3 is 0 Å². The lowest BCUT2D eigenvalue weighted by atomic mass is 9.97. The Bertz CT molecular complexity index is 586. The van der Waals surface area contributed by atoms with E-state index in [9.17, 15) is 0 Å². The number of aromatic nitrogens is 3. The van der Waals surface area contributed by atoms with Gasteiger partial charge in [-0.3, -0.25) is 4.90 Å². The minimum absolute atomic E-state index is 0.513. The van der Waals surface area contributed by atoms with Gasteiger partial charge in [0.25, 0.3) is 0 Å². The van der Waals surface area contributed by atoms with Gasteiger partial charge in [-0.05, 0) is 32.7 Å². The average molecular weight is 290 g/mol. The van der Waals surface area contributed by atoms with Gasteiger partial charge in [0, 0.05) is 30.7 Å². The molecule has 0 amide bonds. The highest BCUT2D eigenvalue weighted by molar-refractivity contribution is 7.11. The molecular weight excluding hydrogens is 268 g/mol. The van der Waals surface area contributed by atoms with E-state index < -0.39 is 0 Å². The Morgan fingerprint density at radius 3 is 3.05 bits per heavy atom. The quantitative estimate of drug-likeness (QED) is 0.868. The average Bonchev–Trinajstić information content (AvgIpc) is 3.03. The second-order valence-corrected chi connectivity index (χ2v) is 6.74. The number of aryl methyl sites for hydroxylation is 3. The molecule has 1 aliphatic rings. The van der Waals surface area contributed by atoms with Crippen LogP contribution < -0.4 is 0 Å². The molecule has 0 N–H and O–H groups in total. The highest BCUT2D eigenvalue weighted by atomic mass is 32.1. The number of rotatable bonds is 4. The van der Waals surface area contributed by atoms with Crippen LogP contribution in [0, 0.1) is 0 Å². The summed E-state index contributed by atoms with van der Waals surface area (Å²) in [5.41, 5.74) is 2.48. The molecular formula is C15H22N4S. The van der Waals surface area contributed by atoms with E-state index in [1.165, 1.54) is 28.4 Å².